The van der Waals surface area contributed by atoms with E-state index >= 15 is 0 Å². The number of nitrogens with one attached hydrogen (secondary N) is 1. The third-order valence-corrected chi connectivity index (χ3v) is 5.10. The average Bonchev–Trinajstić information content (AvgIpc) is 3.07. The van der Waals surface area contributed by atoms with Crippen molar-refractivity contribution in [1.82, 2.24) is 20.1 Å². The van der Waals surface area contributed by atoms with E-state index in [9.17, 15) is 9.18 Å². The molecule has 28 heavy (non-hydrogen) atoms. The molecule has 0 saturated carbocycles. The molecular formula is C20H21FN4O2S. The minimum Gasteiger partial charge on any atom is -0.497 e. The molecule has 0 atom stereocenters. The van der Waals surface area contributed by atoms with Crippen LogP contribution in [0, 0.1) is 19.7 Å². The number of methoxy groups -OCH3 is 1. The zero-order valence-corrected chi connectivity index (χ0v) is 16.7. The van der Waals surface area contributed by atoms with E-state index < -0.39 is 0 Å². The summed E-state index contributed by atoms with van der Waals surface area (Å²) in [5.74, 6) is 1.32. The summed E-state index contributed by atoms with van der Waals surface area (Å²) in [6.07, 6.45) is 0. The van der Waals surface area contributed by atoms with Gasteiger partial charge in [0, 0.05) is 12.2 Å². The molecule has 1 aromatic heterocycles. The van der Waals surface area contributed by atoms with Crippen LogP contribution in [0.5, 0.6) is 5.75 Å². The highest BCUT2D eigenvalue weighted by Crippen LogP contribution is 2.23. The van der Waals surface area contributed by atoms with E-state index in [0.717, 1.165) is 22.8 Å². The Morgan fingerprint density at radius 1 is 1.18 bits per heavy atom. The SMILES string of the molecule is COc1ccc(-n2c(C)nnc2SCC(=O)NCc2ccc(F)c(C)c2)cc1. The van der Waals surface area contributed by atoms with Gasteiger partial charge in [0.1, 0.15) is 17.4 Å². The number of ether oxygens (including phenoxy) is 1. The fourth-order valence-corrected chi connectivity index (χ4v) is 3.49. The van der Waals surface area contributed by atoms with Gasteiger partial charge in [-0.15, -0.1) is 10.2 Å². The number of halogens is 1. The van der Waals surface area contributed by atoms with Crippen LogP contribution in [0.15, 0.2) is 47.6 Å². The van der Waals surface area contributed by atoms with Crippen molar-refractivity contribution in [3.05, 3.63) is 65.2 Å². The first kappa shape index (κ1) is 19.9. The summed E-state index contributed by atoms with van der Waals surface area (Å²) in [5, 5.41) is 11.8. The Labute approximate surface area is 167 Å². The van der Waals surface area contributed by atoms with Crippen LogP contribution in [0.2, 0.25) is 0 Å². The number of amides is 1. The lowest BCUT2D eigenvalue weighted by molar-refractivity contribution is -0.118. The summed E-state index contributed by atoms with van der Waals surface area (Å²) in [7, 11) is 1.62. The van der Waals surface area contributed by atoms with E-state index in [1.807, 2.05) is 35.8 Å². The predicted molar refractivity (Wildman–Crippen MR) is 106 cm³/mol. The van der Waals surface area contributed by atoms with Crippen molar-refractivity contribution in [2.24, 2.45) is 0 Å². The van der Waals surface area contributed by atoms with Crippen LogP contribution in [0.25, 0.3) is 5.69 Å². The number of rotatable bonds is 7. The molecule has 0 bridgehead atoms. The quantitative estimate of drug-likeness (QED) is 0.616. The zero-order valence-electron chi connectivity index (χ0n) is 15.9. The van der Waals surface area contributed by atoms with Gasteiger partial charge in [0.25, 0.3) is 0 Å². The fraction of sp³-hybridized carbons (Fsp3) is 0.250. The molecule has 0 aliphatic rings. The molecule has 6 nitrogen and oxygen atoms in total. The first-order valence-corrected chi connectivity index (χ1v) is 9.67. The molecule has 0 aliphatic heterocycles. The number of carbonyl (C=O) groups is 1. The molecule has 1 N–H and O–H groups in total. The number of aromatic nitrogens is 3. The number of nitrogens with zero attached hydrogens (tertiary/aromatic N) is 3. The first-order chi connectivity index (χ1) is 13.5. The first-order valence-electron chi connectivity index (χ1n) is 8.69. The van der Waals surface area contributed by atoms with Crippen LogP contribution < -0.4 is 10.1 Å². The normalized spacial score (nSPS) is 10.7. The Balaban J connectivity index is 1.61. The minimum absolute atomic E-state index is 0.131. The Bertz CT molecular complexity index is 973. The second-order valence-electron chi connectivity index (χ2n) is 6.21. The molecule has 8 heteroatoms. The highest BCUT2D eigenvalue weighted by Gasteiger charge is 2.13. The highest BCUT2D eigenvalue weighted by molar-refractivity contribution is 7.99. The molecule has 0 spiro atoms. The molecule has 0 fully saturated rings. The maximum Gasteiger partial charge on any atom is 0.230 e. The van der Waals surface area contributed by atoms with E-state index in [1.165, 1.54) is 17.8 Å². The summed E-state index contributed by atoms with van der Waals surface area (Å²) in [5.41, 5.74) is 2.31. The Morgan fingerprint density at radius 3 is 2.61 bits per heavy atom. The van der Waals surface area contributed by atoms with Gasteiger partial charge in [-0.05, 0) is 55.3 Å². The second kappa shape index (κ2) is 8.88. The third kappa shape index (κ3) is 4.69. The standard InChI is InChI=1S/C20H21FN4O2S/c1-13-10-15(4-9-18(13)21)11-22-19(26)12-28-20-24-23-14(2)25(20)16-5-7-17(27-3)8-6-16/h4-10H,11-12H2,1-3H3,(H,22,26). The fourth-order valence-electron chi connectivity index (χ4n) is 2.66. The Morgan fingerprint density at radius 2 is 1.93 bits per heavy atom. The molecule has 3 rings (SSSR count). The lowest BCUT2D eigenvalue weighted by atomic mass is 10.1. The van der Waals surface area contributed by atoms with Crippen molar-refractivity contribution >= 4 is 17.7 Å². The average molecular weight is 400 g/mol. The number of carbonyl (C=O) groups excluding carboxylic acids is 1. The van der Waals surface area contributed by atoms with Crippen molar-refractivity contribution in [3.63, 3.8) is 0 Å². The largest absolute Gasteiger partial charge is 0.497 e. The van der Waals surface area contributed by atoms with Crippen LogP contribution >= 0.6 is 11.8 Å². The van der Waals surface area contributed by atoms with Crippen molar-refractivity contribution in [1.29, 1.82) is 0 Å². The maximum absolute atomic E-state index is 13.3. The third-order valence-electron chi connectivity index (χ3n) is 4.17. The molecule has 1 amide bonds. The molecule has 2 aromatic carbocycles. The molecule has 146 valence electrons. The van der Waals surface area contributed by atoms with Gasteiger partial charge in [0.15, 0.2) is 5.16 Å². The number of thioether (sulfide) groups is 1. The topological polar surface area (TPSA) is 69.0 Å². The molecule has 0 saturated heterocycles. The van der Waals surface area contributed by atoms with Crippen molar-refractivity contribution in [2.45, 2.75) is 25.5 Å². The number of hydrogen-bond donors (Lipinski definition) is 1. The van der Waals surface area contributed by atoms with E-state index in [2.05, 4.69) is 15.5 Å². The van der Waals surface area contributed by atoms with Gasteiger partial charge < -0.3 is 10.1 Å². The monoisotopic (exact) mass is 400 g/mol. The summed E-state index contributed by atoms with van der Waals surface area (Å²) in [4.78, 5) is 12.2. The van der Waals surface area contributed by atoms with Gasteiger partial charge in [-0.25, -0.2) is 4.39 Å². The van der Waals surface area contributed by atoms with Crippen molar-refractivity contribution in [3.8, 4) is 11.4 Å². The molecular weight excluding hydrogens is 379 g/mol. The van der Waals surface area contributed by atoms with E-state index in [0.29, 0.717) is 17.3 Å². The molecule has 1 heterocycles. The van der Waals surface area contributed by atoms with Crippen molar-refractivity contribution in [2.75, 3.05) is 12.9 Å². The van der Waals surface area contributed by atoms with Gasteiger partial charge in [0.2, 0.25) is 5.91 Å². The molecule has 3 aromatic rings. The lowest BCUT2D eigenvalue weighted by Crippen LogP contribution is -2.24. The zero-order chi connectivity index (χ0) is 20.1. The van der Waals surface area contributed by atoms with Gasteiger partial charge in [-0.1, -0.05) is 23.9 Å². The van der Waals surface area contributed by atoms with Crippen LogP contribution in [-0.2, 0) is 11.3 Å². The number of aryl methyl sites for hydroxylation is 2. The summed E-state index contributed by atoms with van der Waals surface area (Å²) >= 11 is 1.31. The van der Waals surface area contributed by atoms with E-state index in [1.54, 1.807) is 26.2 Å². The predicted octanol–water partition coefficient (Wildman–Crippen LogP) is 3.44. The number of benzene rings is 2. The lowest BCUT2D eigenvalue weighted by Gasteiger charge is -2.10. The van der Waals surface area contributed by atoms with Crippen LogP contribution in [-0.4, -0.2) is 33.5 Å². The number of hydrogen-bond acceptors (Lipinski definition) is 5. The smallest absolute Gasteiger partial charge is 0.230 e. The van der Waals surface area contributed by atoms with Crippen LogP contribution in [0.3, 0.4) is 0 Å². The Hall–Kier alpha value is -2.87. The summed E-state index contributed by atoms with van der Waals surface area (Å²) < 4.78 is 20.4. The summed E-state index contributed by atoms with van der Waals surface area (Å²) in [6.45, 7) is 3.91. The molecule has 0 unspecified atom stereocenters. The van der Waals surface area contributed by atoms with Gasteiger partial charge in [-0.2, -0.15) is 0 Å². The molecule has 0 aliphatic carbocycles. The van der Waals surface area contributed by atoms with Gasteiger partial charge in [-0.3, -0.25) is 9.36 Å². The van der Waals surface area contributed by atoms with Gasteiger partial charge >= 0.3 is 0 Å². The van der Waals surface area contributed by atoms with E-state index in [-0.39, 0.29) is 17.5 Å². The maximum atomic E-state index is 13.3. The summed E-state index contributed by atoms with van der Waals surface area (Å²) in [6, 6.07) is 12.4. The van der Waals surface area contributed by atoms with Gasteiger partial charge in [0.05, 0.1) is 12.9 Å². The highest BCUT2D eigenvalue weighted by atomic mass is 32.2. The molecule has 0 radical (unpaired) electrons. The Kier molecular flexibility index (Phi) is 6.30. The van der Waals surface area contributed by atoms with E-state index in [4.69, 9.17) is 4.74 Å². The van der Waals surface area contributed by atoms with Crippen LogP contribution in [0.4, 0.5) is 4.39 Å². The van der Waals surface area contributed by atoms with Crippen LogP contribution in [0.1, 0.15) is 17.0 Å². The second-order valence-corrected chi connectivity index (χ2v) is 7.15. The van der Waals surface area contributed by atoms with Crippen molar-refractivity contribution < 1.29 is 13.9 Å². The minimum atomic E-state index is -0.251.